The Hall–Kier alpha value is -4.10. The van der Waals surface area contributed by atoms with E-state index in [1.165, 1.54) is 16.8 Å². The highest BCUT2D eigenvalue weighted by molar-refractivity contribution is 5.67. The summed E-state index contributed by atoms with van der Waals surface area (Å²) in [5.41, 5.74) is 6.58. The molecule has 1 aromatic heterocycles. The summed E-state index contributed by atoms with van der Waals surface area (Å²) in [6.45, 7) is 5.73. The lowest BCUT2D eigenvalue weighted by molar-refractivity contribution is 0.0950. The van der Waals surface area contributed by atoms with E-state index < -0.39 is 0 Å². The molecule has 0 spiro atoms. The van der Waals surface area contributed by atoms with Gasteiger partial charge in [0.15, 0.2) is 0 Å². The molecule has 0 atom stereocenters. The zero-order chi connectivity index (χ0) is 26.3. The van der Waals surface area contributed by atoms with E-state index in [4.69, 9.17) is 14.6 Å². The molecular weight excluding hydrogens is 476 g/mol. The molecule has 3 aromatic carbocycles. The van der Waals surface area contributed by atoms with Crippen molar-refractivity contribution in [2.75, 3.05) is 20.2 Å². The van der Waals surface area contributed by atoms with E-state index in [1.54, 1.807) is 12.0 Å². The average molecular weight is 511 g/mol. The molecule has 1 amide bonds. The predicted octanol–water partition coefficient (Wildman–Crippen LogP) is 5.60. The minimum atomic E-state index is -0.328. The van der Waals surface area contributed by atoms with Gasteiger partial charge in [-0.05, 0) is 42.3 Å². The summed E-state index contributed by atoms with van der Waals surface area (Å²) in [5.74, 6) is 0.861. The van der Waals surface area contributed by atoms with Gasteiger partial charge in [-0.15, -0.1) is 0 Å². The summed E-state index contributed by atoms with van der Waals surface area (Å²) in [6.07, 6.45) is 0.558. The Morgan fingerprint density at radius 2 is 1.66 bits per heavy atom. The van der Waals surface area contributed by atoms with Gasteiger partial charge in [0.25, 0.3) is 0 Å². The van der Waals surface area contributed by atoms with Crippen LogP contribution >= 0.6 is 0 Å². The lowest BCUT2D eigenvalue weighted by Crippen LogP contribution is -2.33. The topological polar surface area (TPSA) is 59.8 Å². The second-order valence-corrected chi connectivity index (χ2v) is 9.48. The number of benzene rings is 3. The molecule has 5 rings (SSSR count). The van der Waals surface area contributed by atoms with Crippen molar-refractivity contribution in [3.8, 4) is 11.4 Å². The van der Waals surface area contributed by atoms with Gasteiger partial charge in [0, 0.05) is 38.2 Å². The summed E-state index contributed by atoms with van der Waals surface area (Å²) < 4.78 is 13.0. The van der Waals surface area contributed by atoms with Crippen molar-refractivity contribution in [1.29, 1.82) is 0 Å². The standard InChI is InChI=1S/C31H34N4O3/c1-3-34(31(36)38-23-25-10-6-4-7-11-25)22-29-28-21-33(20-24-14-16-27(37-2)17-15-24)19-18-30(28)35(32-29)26-12-8-5-9-13-26/h4-17H,3,18-23H2,1-2H3. The lowest BCUT2D eigenvalue weighted by Gasteiger charge is -2.28. The molecule has 0 aliphatic carbocycles. The number of rotatable bonds is 9. The predicted molar refractivity (Wildman–Crippen MR) is 147 cm³/mol. The van der Waals surface area contributed by atoms with Crippen LogP contribution < -0.4 is 4.74 Å². The Bertz CT molecular complexity index is 1340. The summed E-state index contributed by atoms with van der Waals surface area (Å²) in [7, 11) is 1.68. The van der Waals surface area contributed by atoms with Crippen molar-refractivity contribution in [2.24, 2.45) is 0 Å². The van der Waals surface area contributed by atoms with Crippen molar-refractivity contribution in [3.05, 3.63) is 113 Å². The number of nitrogens with zero attached hydrogens (tertiary/aromatic N) is 4. The molecule has 38 heavy (non-hydrogen) atoms. The fourth-order valence-electron chi connectivity index (χ4n) is 4.87. The van der Waals surface area contributed by atoms with Crippen LogP contribution in [0.2, 0.25) is 0 Å². The van der Waals surface area contributed by atoms with E-state index in [1.807, 2.05) is 67.6 Å². The molecule has 196 valence electrons. The second kappa shape index (κ2) is 12.0. The van der Waals surface area contributed by atoms with Gasteiger partial charge >= 0.3 is 6.09 Å². The van der Waals surface area contributed by atoms with Gasteiger partial charge in [-0.2, -0.15) is 5.10 Å². The van der Waals surface area contributed by atoms with Crippen molar-refractivity contribution in [2.45, 2.75) is 39.6 Å². The Kier molecular flexibility index (Phi) is 8.04. The van der Waals surface area contributed by atoms with Gasteiger partial charge in [0.05, 0.1) is 30.7 Å². The van der Waals surface area contributed by atoms with E-state index in [-0.39, 0.29) is 12.7 Å². The summed E-state index contributed by atoms with van der Waals surface area (Å²) >= 11 is 0. The van der Waals surface area contributed by atoms with Gasteiger partial charge in [0.1, 0.15) is 12.4 Å². The van der Waals surface area contributed by atoms with Crippen LogP contribution in [-0.4, -0.2) is 45.9 Å². The number of hydrogen-bond acceptors (Lipinski definition) is 5. The molecule has 0 radical (unpaired) electrons. The molecule has 0 bridgehead atoms. The summed E-state index contributed by atoms with van der Waals surface area (Å²) in [5, 5.41) is 5.04. The number of hydrogen-bond donors (Lipinski definition) is 0. The molecule has 0 saturated carbocycles. The molecule has 1 aliphatic heterocycles. The maximum absolute atomic E-state index is 13.0. The second-order valence-electron chi connectivity index (χ2n) is 9.48. The number of carbonyl (C=O) groups excluding carboxylic acids is 1. The number of ether oxygens (including phenoxy) is 2. The molecule has 0 fully saturated rings. The van der Waals surface area contributed by atoms with Crippen molar-refractivity contribution >= 4 is 6.09 Å². The molecule has 7 heteroatoms. The molecule has 1 aliphatic rings. The Balaban J connectivity index is 1.36. The maximum Gasteiger partial charge on any atom is 0.410 e. The van der Waals surface area contributed by atoms with Crippen molar-refractivity contribution in [3.63, 3.8) is 0 Å². The quantitative estimate of drug-likeness (QED) is 0.293. The molecule has 0 saturated heterocycles. The Morgan fingerprint density at radius 3 is 2.34 bits per heavy atom. The van der Waals surface area contributed by atoms with Gasteiger partial charge in [0.2, 0.25) is 0 Å². The molecule has 4 aromatic rings. The largest absolute Gasteiger partial charge is 0.497 e. The van der Waals surface area contributed by atoms with Crippen LogP contribution in [0.25, 0.3) is 5.69 Å². The first-order chi connectivity index (χ1) is 18.6. The SMILES string of the molecule is CCN(Cc1nn(-c2ccccc2)c2c1CN(Cc1ccc(OC)cc1)CC2)C(=O)OCc1ccccc1. The van der Waals surface area contributed by atoms with Gasteiger partial charge in [-0.25, -0.2) is 9.48 Å². The van der Waals surface area contributed by atoms with Crippen LogP contribution in [0.15, 0.2) is 84.9 Å². The highest BCUT2D eigenvalue weighted by atomic mass is 16.6. The van der Waals surface area contributed by atoms with Crippen molar-refractivity contribution in [1.82, 2.24) is 19.6 Å². The number of aromatic nitrogens is 2. The highest BCUT2D eigenvalue weighted by Gasteiger charge is 2.27. The van der Waals surface area contributed by atoms with Crippen LogP contribution in [0.1, 0.15) is 35.0 Å². The van der Waals surface area contributed by atoms with Crippen LogP contribution in [0.4, 0.5) is 4.79 Å². The smallest absolute Gasteiger partial charge is 0.410 e. The molecular formula is C31H34N4O3. The van der Waals surface area contributed by atoms with Crippen LogP contribution in [0.3, 0.4) is 0 Å². The van der Waals surface area contributed by atoms with Crippen LogP contribution in [-0.2, 0) is 37.4 Å². The fraction of sp³-hybridized carbons (Fsp3) is 0.290. The minimum absolute atomic E-state index is 0.252. The van der Waals surface area contributed by atoms with E-state index in [0.717, 1.165) is 48.7 Å². The van der Waals surface area contributed by atoms with E-state index >= 15 is 0 Å². The van der Waals surface area contributed by atoms with Crippen LogP contribution in [0.5, 0.6) is 5.75 Å². The minimum Gasteiger partial charge on any atom is -0.497 e. The van der Waals surface area contributed by atoms with Gasteiger partial charge in [-0.1, -0.05) is 60.7 Å². The Morgan fingerprint density at radius 1 is 0.947 bits per heavy atom. The monoisotopic (exact) mass is 510 g/mol. The fourth-order valence-corrected chi connectivity index (χ4v) is 4.87. The van der Waals surface area contributed by atoms with Gasteiger partial charge < -0.3 is 14.4 Å². The molecule has 0 unspecified atom stereocenters. The average Bonchev–Trinajstić information content (AvgIpc) is 3.33. The summed E-state index contributed by atoms with van der Waals surface area (Å²) in [6, 6.07) is 28.2. The van der Waals surface area contributed by atoms with Crippen molar-refractivity contribution < 1.29 is 14.3 Å². The van der Waals surface area contributed by atoms with E-state index in [2.05, 4.69) is 33.8 Å². The number of fused-ring (bicyclic) bond motifs is 1. The first-order valence-electron chi connectivity index (χ1n) is 13.1. The molecule has 2 heterocycles. The first-order valence-corrected chi connectivity index (χ1v) is 13.1. The number of amides is 1. The zero-order valence-electron chi connectivity index (χ0n) is 22.0. The third-order valence-corrected chi connectivity index (χ3v) is 6.97. The van der Waals surface area contributed by atoms with E-state index in [9.17, 15) is 4.79 Å². The van der Waals surface area contributed by atoms with E-state index in [0.29, 0.717) is 13.1 Å². The highest BCUT2D eigenvalue weighted by Crippen LogP contribution is 2.28. The zero-order valence-corrected chi connectivity index (χ0v) is 22.0. The summed E-state index contributed by atoms with van der Waals surface area (Å²) in [4.78, 5) is 17.2. The third kappa shape index (κ3) is 5.89. The number of para-hydroxylation sites is 1. The Labute approximate surface area is 224 Å². The lowest BCUT2D eigenvalue weighted by atomic mass is 10.0. The molecule has 7 nitrogen and oxygen atoms in total. The third-order valence-electron chi connectivity index (χ3n) is 6.97. The van der Waals surface area contributed by atoms with Crippen LogP contribution in [0, 0.1) is 0 Å². The van der Waals surface area contributed by atoms with Gasteiger partial charge in [-0.3, -0.25) is 4.90 Å². The first kappa shape index (κ1) is 25.5. The number of methoxy groups -OCH3 is 1. The number of carbonyl (C=O) groups is 1. The maximum atomic E-state index is 13.0. The molecule has 0 N–H and O–H groups in total. The normalized spacial score (nSPS) is 13.1.